The van der Waals surface area contributed by atoms with Crippen molar-refractivity contribution < 1.29 is 9.53 Å². The van der Waals surface area contributed by atoms with Gasteiger partial charge in [0.05, 0.1) is 0 Å². The highest BCUT2D eigenvalue weighted by molar-refractivity contribution is 6.06. The number of ketones is 1. The van der Waals surface area contributed by atoms with E-state index in [2.05, 4.69) is 36.2 Å². The normalized spacial score (nSPS) is 10.8. The molecule has 0 saturated heterocycles. The maximum atomic E-state index is 12.1. The fourth-order valence-electron chi connectivity index (χ4n) is 2.34. The van der Waals surface area contributed by atoms with E-state index in [0.29, 0.717) is 12.2 Å². The molecule has 3 rings (SSSR count). The minimum atomic E-state index is -0.0703. The topological polar surface area (TPSA) is 39.2 Å². The zero-order chi connectivity index (χ0) is 17.5. The third kappa shape index (κ3) is 4.88. The van der Waals surface area contributed by atoms with Crippen molar-refractivity contribution in [3.63, 3.8) is 0 Å². The summed E-state index contributed by atoms with van der Waals surface area (Å²) in [7, 11) is 0. The molecule has 0 bridgehead atoms. The number of rotatable bonds is 6. The van der Waals surface area contributed by atoms with Gasteiger partial charge >= 0.3 is 0 Å². The van der Waals surface area contributed by atoms with Gasteiger partial charge < -0.3 is 4.74 Å². The molecule has 3 heteroatoms. The number of hydrogen-bond donors (Lipinski definition) is 0. The smallest absolute Gasteiger partial charge is 0.187 e. The van der Waals surface area contributed by atoms with Gasteiger partial charge in [0.15, 0.2) is 5.78 Å². The molecular weight excluding hydrogens is 310 g/mol. The van der Waals surface area contributed by atoms with Gasteiger partial charge in [-0.3, -0.25) is 9.78 Å². The Morgan fingerprint density at radius 1 is 1.08 bits per heavy atom. The van der Waals surface area contributed by atoms with Crippen molar-refractivity contribution in [1.82, 2.24) is 4.98 Å². The Kier molecular flexibility index (Phi) is 5.37. The first-order valence-corrected chi connectivity index (χ1v) is 8.11. The van der Waals surface area contributed by atoms with Gasteiger partial charge in [-0.15, -0.1) is 0 Å². The van der Waals surface area contributed by atoms with Gasteiger partial charge in [-0.05, 0) is 48.4 Å². The first-order chi connectivity index (χ1) is 12.2. The van der Waals surface area contributed by atoms with Crippen LogP contribution in [-0.2, 0) is 6.61 Å². The molecule has 0 fully saturated rings. The summed E-state index contributed by atoms with van der Waals surface area (Å²) in [5.74, 6) is 0.704. The van der Waals surface area contributed by atoms with Gasteiger partial charge in [-0.1, -0.05) is 48.0 Å². The van der Waals surface area contributed by atoms with Crippen LogP contribution in [0.5, 0.6) is 5.75 Å². The summed E-state index contributed by atoms with van der Waals surface area (Å²) in [5, 5.41) is 0. The van der Waals surface area contributed by atoms with Crippen LogP contribution in [-0.4, -0.2) is 10.8 Å². The molecule has 0 aliphatic heterocycles. The van der Waals surface area contributed by atoms with Gasteiger partial charge in [-0.25, -0.2) is 0 Å². The fraction of sp³-hybridized carbons (Fsp3) is 0.0909. The second-order valence-corrected chi connectivity index (χ2v) is 5.79. The molecule has 1 aromatic heterocycles. The number of aryl methyl sites for hydroxylation is 1. The monoisotopic (exact) mass is 329 g/mol. The van der Waals surface area contributed by atoms with Crippen molar-refractivity contribution in [2.45, 2.75) is 13.5 Å². The van der Waals surface area contributed by atoms with Crippen molar-refractivity contribution in [2.75, 3.05) is 0 Å². The number of allylic oxidation sites excluding steroid dienone is 1. The zero-order valence-electron chi connectivity index (χ0n) is 14.1. The molecule has 1 heterocycles. The van der Waals surface area contributed by atoms with E-state index in [4.69, 9.17) is 4.74 Å². The predicted molar refractivity (Wildman–Crippen MR) is 99.6 cm³/mol. The molecule has 0 aliphatic carbocycles. The summed E-state index contributed by atoms with van der Waals surface area (Å²) in [6, 6.07) is 19.4. The van der Waals surface area contributed by atoms with Crippen LogP contribution in [0.2, 0.25) is 0 Å². The lowest BCUT2D eigenvalue weighted by atomic mass is 10.1. The average Bonchev–Trinajstić information content (AvgIpc) is 2.67. The Morgan fingerprint density at radius 2 is 1.92 bits per heavy atom. The molecule has 0 N–H and O–H groups in total. The second kappa shape index (κ2) is 8.06. The van der Waals surface area contributed by atoms with Crippen molar-refractivity contribution in [3.8, 4) is 5.75 Å². The van der Waals surface area contributed by atoms with E-state index in [0.717, 1.165) is 16.9 Å². The Bertz CT molecular complexity index is 868. The molecule has 3 nitrogen and oxygen atoms in total. The van der Waals surface area contributed by atoms with E-state index in [1.807, 2.05) is 24.3 Å². The van der Waals surface area contributed by atoms with Crippen LogP contribution in [0.15, 0.2) is 79.1 Å². The quantitative estimate of drug-likeness (QED) is 0.478. The number of nitrogens with zero attached hydrogens (tertiary/aromatic N) is 1. The number of aromatic nitrogens is 1. The molecule has 0 radical (unpaired) electrons. The largest absolute Gasteiger partial charge is 0.489 e. The Balaban J connectivity index is 1.64. The van der Waals surface area contributed by atoms with Crippen molar-refractivity contribution in [1.29, 1.82) is 0 Å². The highest BCUT2D eigenvalue weighted by Gasteiger charge is 2.01. The Morgan fingerprint density at radius 3 is 2.68 bits per heavy atom. The zero-order valence-corrected chi connectivity index (χ0v) is 14.1. The van der Waals surface area contributed by atoms with Crippen molar-refractivity contribution >= 4 is 11.9 Å². The van der Waals surface area contributed by atoms with Crippen LogP contribution in [0.1, 0.15) is 27.0 Å². The van der Waals surface area contributed by atoms with Gasteiger partial charge in [0.1, 0.15) is 12.4 Å². The standard InChI is InChI=1S/C22H19NO2/c1-17-7-9-19(10-8-17)16-25-21-6-2-4-18(14-21)11-12-22(24)20-5-3-13-23-15-20/h2-15H,16H2,1H3/b12-11+. The lowest BCUT2D eigenvalue weighted by molar-refractivity contribution is 0.104. The number of hydrogen-bond acceptors (Lipinski definition) is 3. The highest BCUT2D eigenvalue weighted by atomic mass is 16.5. The summed E-state index contributed by atoms with van der Waals surface area (Å²) in [4.78, 5) is 16.0. The van der Waals surface area contributed by atoms with Crippen LogP contribution >= 0.6 is 0 Å². The molecule has 3 aromatic rings. The van der Waals surface area contributed by atoms with Crippen molar-refractivity contribution in [2.24, 2.45) is 0 Å². The SMILES string of the molecule is Cc1ccc(COc2cccc(/C=C/C(=O)c3cccnc3)c2)cc1. The molecule has 0 atom stereocenters. The first-order valence-electron chi connectivity index (χ1n) is 8.11. The van der Waals surface area contributed by atoms with Crippen LogP contribution in [0.3, 0.4) is 0 Å². The van der Waals surface area contributed by atoms with Gasteiger partial charge in [0.25, 0.3) is 0 Å². The summed E-state index contributed by atoms with van der Waals surface area (Å²) < 4.78 is 5.84. The summed E-state index contributed by atoms with van der Waals surface area (Å²) in [6.07, 6.45) is 6.55. The summed E-state index contributed by atoms with van der Waals surface area (Å²) in [6.45, 7) is 2.58. The summed E-state index contributed by atoms with van der Waals surface area (Å²) >= 11 is 0. The van der Waals surface area contributed by atoms with E-state index in [-0.39, 0.29) is 5.78 Å². The minimum absolute atomic E-state index is 0.0703. The van der Waals surface area contributed by atoms with Gasteiger partial charge in [0, 0.05) is 18.0 Å². The van der Waals surface area contributed by atoms with E-state index in [1.165, 1.54) is 5.56 Å². The average molecular weight is 329 g/mol. The lowest BCUT2D eigenvalue weighted by Crippen LogP contribution is -1.96. The Labute approximate surface area is 147 Å². The molecular formula is C22H19NO2. The van der Waals surface area contributed by atoms with Crippen LogP contribution in [0.25, 0.3) is 6.08 Å². The molecule has 0 saturated carbocycles. The molecule has 25 heavy (non-hydrogen) atoms. The van der Waals surface area contributed by atoms with Crippen molar-refractivity contribution in [3.05, 3.63) is 101 Å². The highest BCUT2D eigenvalue weighted by Crippen LogP contribution is 2.17. The minimum Gasteiger partial charge on any atom is -0.489 e. The number of pyridine rings is 1. The van der Waals surface area contributed by atoms with E-state index >= 15 is 0 Å². The lowest BCUT2D eigenvalue weighted by Gasteiger charge is -2.07. The molecule has 124 valence electrons. The van der Waals surface area contributed by atoms with E-state index < -0.39 is 0 Å². The Hall–Kier alpha value is -3.20. The molecule has 0 unspecified atom stereocenters. The van der Waals surface area contributed by atoms with Crippen LogP contribution < -0.4 is 4.74 Å². The number of carbonyl (C=O) groups is 1. The van der Waals surface area contributed by atoms with Gasteiger partial charge in [-0.2, -0.15) is 0 Å². The third-order valence-corrected chi connectivity index (χ3v) is 3.76. The molecule has 0 amide bonds. The molecule has 0 spiro atoms. The van der Waals surface area contributed by atoms with E-state index in [9.17, 15) is 4.79 Å². The number of carbonyl (C=O) groups excluding carboxylic acids is 1. The first kappa shape index (κ1) is 16.7. The number of benzene rings is 2. The fourth-order valence-corrected chi connectivity index (χ4v) is 2.34. The molecule has 0 aliphatic rings. The molecule has 2 aromatic carbocycles. The maximum Gasteiger partial charge on any atom is 0.187 e. The van der Waals surface area contributed by atoms with Crippen LogP contribution in [0.4, 0.5) is 0 Å². The summed E-state index contributed by atoms with van der Waals surface area (Å²) in [5.41, 5.74) is 3.84. The maximum absolute atomic E-state index is 12.1. The van der Waals surface area contributed by atoms with Crippen LogP contribution in [0, 0.1) is 6.92 Å². The third-order valence-electron chi connectivity index (χ3n) is 3.76. The van der Waals surface area contributed by atoms with Gasteiger partial charge in [0.2, 0.25) is 0 Å². The predicted octanol–water partition coefficient (Wildman–Crippen LogP) is 4.87. The van der Waals surface area contributed by atoms with E-state index in [1.54, 1.807) is 36.7 Å². The number of ether oxygens (including phenoxy) is 1. The second-order valence-electron chi connectivity index (χ2n) is 5.79.